The lowest BCUT2D eigenvalue weighted by Crippen LogP contribution is -2.21. The van der Waals surface area contributed by atoms with Crippen molar-refractivity contribution in [3.05, 3.63) is 39.9 Å². The van der Waals surface area contributed by atoms with Crippen LogP contribution < -0.4 is 0 Å². The maximum atomic E-state index is 10.9. The van der Waals surface area contributed by atoms with Gasteiger partial charge in [-0.1, -0.05) is 18.2 Å². The first-order chi connectivity index (χ1) is 8.20. The second-order valence-corrected chi connectivity index (χ2v) is 4.46. The molecule has 0 aromatic heterocycles. The maximum absolute atomic E-state index is 10.9. The SMILES string of the molecule is O=[N+]([O-])c1ccccc1CN1CCC(CO)C1. The van der Waals surface area contributed by atoms with E-state index in [2.05, 4.69) is 4.90 Å². The molecule has 5 heteroatoms. The molecule has 5 nitrogen and oxygen atoms in total. The van der Waals surface area contributed by atoms with Crippen molar-refractivity contribution in [2.75, 3.05) is 19.7 Å². The fourth-order valence-electron chi connectivity index (χ4n) is 2.27. The molecule has 1 heterocycles. The zero-order valence-corrected chi connectivity index (χ0v) is 9.58. The van der Waals surface area contributed by atoms with Crippen LogP contribution in [0.15, 0.2) is 24.3 Å². The molecule has 1 aliphatic rings. The van der Waals surface area contributed by atoms with Crippen LogP contribution in [0, 0.1) is 16.0 Å². The third-order valence-corrected chi connectivity index (χ3v) is 3.21. The van der Waals surface area contributed by atoms with Gasteiger partial charge in [0.25, 0.3) is 5.69 Å². The molecule has 1 aromatic rings. The topological polar surface area (TPSA) is 66.6 Å². The first-order valence-electron chi connectivity index (χ1n) is 5.76. The minimum absolute atomic E-state index is 0.181. The number of aliphatic hydroxyl groups excluding tert-OH is 1. The third-order valence-electron chi connectivity index (χ3n) is 3.21. The number of nitrogens with zero attached hydrogens (tertiary/aromatic N) is 2. The number of nitro groups is 1. The summed E-state index contributed by atoms with van der Waals surface area (Å²) in [6.45, 7) is 2.51. The number of benzene rings is 1. The number of hydrogen-bond donors (Lipinski definition) is 1. The van der Waals surface area contributed by atoms with Crippen LogP contribution in [0.1, 0.15) is 12.0 Å². The summed E-state index contributed by atoms with van der Waals surface area (Å²) < 4.78 is 0. The quantitative estimate of drug-likeness (QED) is 0.634. The van der Waals surface area contributed by atoms with Crippen LogP contribution in [-0.2, 0) is 6.54 Å². The highest BCUT2D eigenvalue weighted by atomic mass is 16.6. The van der Waals surface area contributed by atoms with Crippen LogP contribution in [0.3, 0.4) is 0 Å². The van der Waals surface area contributed by atoms with Crippen molar-refractivity contribution in [1.29, 1.82) is 0 Å². The molecule has 1 fully saturated rings. The van der Waals surface area contributed by atoms with Crippen molar-refractivity contribution in [3.8, 4) is 0 Å². The minimum Gasteiger partial charge on any atom is -0.396 e. The molecule has 0 saturated carbocycles. The largest absolute Gasteiger partial charge is 0.396 e. The summed E-state index contributed by atoms with van der Waals surface area (Å²) in [7, 11) is 0. The Hall–Kier alpha value is -1.46. The molecule has 1 saturated heterocycles. The Morgan fingerprint density at radius 3 is 2.88 bits per heavy atom. The third kappa shape index (κ3) is 2.81. The van der Waals surface area contributed by atoms with Gasteiger partial charge in [-0.05, 0) is 18.9 Å². The highest BCUT2D eigenvalue weighted by molar-refractivity contribution is 5.39. The van der Waals surface area contributed by atoms with Crippen molar-refractivity contribution >= 4 is 5.69 Å². The number of nitro benzene ring substituents is 1. The predicted molar refractivity (Wildman–Crippen MR) is 63.6 cm³/mol. The van der Waals surface area contributed by atoms with Crippen LogP contribution in [-0.4, -0.2) is 34.6 Å². The van der Waals surface area contributed by atoms with Gasteiger partial charge in [0, 0.05) is 31.3 Å². The molecular weight excluding hydrogens is 220 g/mol. The lowest BCUT2D eigenvalue weighted by atomic mass is 10.1. The summed E-state index contributed by atoms with van der Waals surface area (Å²) in [4.78, 5) is 12.7. The monoisotopic (exact) mass is 236 g/mol. The van der Waals surface area contributed by atoms with Crippen molar-refractivity contribution in [1.82, 2.24) is 4.90 Å². The summed E-state index contributed by atoms with van der Waals surface area (Å²) in [5.74, 6) is 0.317. The highest BCUT2D eigenvalue weighted by Crippen LogP contribution is 2.23. The summed E-state index contributed by atoms with van der Waals surface area (Å²) in [5.41, 5.74) is 0.927. The summed E-state index contributed by atoms with van der Waals surface area (Å²) in [5, 5.41) is 19.9. The molecule has 0 aliphatic carbocycles. The van der Waals surface area contributed by atoms with E-state index in [9.17, 15) is 10.1 Å². The Morgan fingerprint density at radius 1 is 1.47 bits per heavy atom. The van der Waals surface area contributed by atoms with Crippen molar-refractivity contribution in [2.24, 2.45) is 5.92 Å². The van der Waals surface area contributed by atoms with Crippen molar-refractivity contribution < 1.29 is 10.0 Å². The van der Waals surface area contributed by atoms with E-state index in [0.717, 1.165) is 25.1 Å². The van der Waals surface area contributed by atoms with E-state index in [1.165, 1.54) is 6.07 Å². The second kappa shape index (κ2) is 5.25. The maximum Gasteiger partial charge on any atom is 0.273 e. The standard InChI is InChI=1S/C12H16N2O3/c15-9-10-5-6-13(7-10)8-11-3-1-2-4-12(11)14(16)17/h1-4,10,15H,5-9H2. The van der Waals surface area contributed by atoms with Gasteiger partial charge >= 0.3 is 0 Å². The number of rotatable bonds is 4. The van der Waals surface area contributed by atoms with E-state index in [1.807, 2.05) is 6.07 Å². The summed E-state index contributed by atoms with van der Waals surface area (Å²) >= 11 is 0. The summed E-state index contributed by atoms with van der Waals surface area (Å²) in [6.07, 6.45) is 0.969. The van der Waals surface area contributed by atoms with Crippen molar-refractivity contribution in [3.63, 3.8) is 0 Å². The number of likely N-dealkylation sites (tertiary alicyclic amines) is 1. The van der Waals surface area contributed by atoms with Gasteiger partial charge in [0.05, 0.1) is 4.92 Å². The van der Waals surface area contributed by atoms with E-state index in [0.29, 0.717) is 12.5 Å². The number of para-hydroxylation sites is 1. The van der Waals surface area contributed by atoms with Crippen molar-refractivity contribution in [2.45, 2.75) is 13.0 Å². The molecule has 2 rings (SSSR count). The van der Waals surface area contributed by atoms with Gasteiger partial charge in [-0.2, -0.15) is 0 Å². The molecular formula is C12H16N2O3. The summed E-state index contributed by atoms with van der Waals surface area (Å²) in [6, 6.07) is 6.84. The molecule has 92 valence electrons. The zero-order valence-electron chi connectivity index (χ0n) is 9.58. The average molecular weight is 236 g/mol. The normalized spacial score (nSPS) is 20.6. The molecule has 1 aliphatic heterocycles. The zero-order chi connectivity index (χ0) is 12.3. The van der Waals surface area contributed by atoms with Gasteiger partial charge in [0.1, 0.15) is 0 Å². The van der Waals surface area contributed by atoms with E-state index in [1.54, 1.807) is 12.1 Å². The molecule has 0 bridgehead atoms. The Morgan fingerprint density at radius 2 is 2.24 bits per heavy atom. The lowest BCUT2D eigenvalue weighted by molar-refractivity contribution is -0.385. The number of hydrogen-bond acceptors (Lipinski definition) is 4. The average Bonchev–Trinajstić information content (AvgIpc) is 2.77. The molecule has 1 aromatic carbocycles. The highest BCUT2D eigenvalue weighted by Gasteiger charge is 2.23. The van der Waals surface area contributed by atoms with Crippen LogP contribution in [0.25, 0.3) is 0 Å². The molecule has 0 spiro atoms. The lowest BCUT2D eigenvalue weighted by Gasteiger charge is -2.15. The molecule has 1 unspecified atom stereocenters. The smallest absolute Gasteiger partial charge is 0.273 e. The second-order valence-electron chi connectivity index (χ2n) is 4.46. The predicted octanol–water partition coefficient (Wildman–Crippen LogP) is 1.41. The first kappa shape index (κ1) is 12.0. The number of aliphatic hydroxyl groups is 1. The van der Waals surface area contributed by atoms with Crippen LogP contribution in [0.5, 0.6) is 0 Å². The van der Waals surface area contributed by atoms with Gasteiger partial charge in [-0.3, -0.25) is 15.0 Å². The van der Waals surface area contributed by atoms with E-state index in [-0.39, 0.29) is 17.2 Å². The van der Waals surface area contributed by atoms with Crippen LogP contribution in [0.2, 0.25) is 0 Å². The Bertz CT molecular complexity index is 408. The first-order valence-corrected chi connectivity index (χ1v) is 5.76. The Balaban J connectivity index is 2.06. The Kier molecular flexibility index (Phi) is 3.71. The molecule has 0 radical (unpaired) electrons. The van der Waals surface area contributed by atoms with Crippen LogP contribution >= 0.6 is 0 Å². The molecule has 0 amide bonds. The van der Waals surface area contributed by atoms with Gasteiger partial charge in [0.2, 0.25) is 0 Å². The van der Waals surface area contributed by atoms with Gasteiger partial charge in [-0.25, -0.2) is 0 Å². The van der Waals surface area contributed by atoms with E-state index < -0.39 is 0 Å². The fourth-order valence-corrected chi connectivity index (χ4v) is 2.27. The van der Waals surface area contributed by atoms with Gasteiger partial charge < -0.3 is 5.11 Å². The molecule has 1 atom stereocenters. The minimum atomic E-state index is -0.338. The fraction of sp³-hybridized carbons (Fsp3) is 0.500. The van der Waals surface area contributed by atoms with E-state index >= 15 is 0 Å². The Labute approximate surface area is 99.8 Å². The van der Waals surface area contributed by atoms with E-state index in [4.69, 9.17) is 5.11 Å². The van der Waals surface area contributed by atoms with Gasteiger partial charge in [0.15, 0.2) is 0 Å². The van der Waals surface area contributed by atoms with Crippen LogP contribution in [0.4, 0.5) is 5.69 Å². The molecule has 1 N–H and O–H groups in total. The van der Waals surface area contributed by atoms with Gasteiger partial charge in [-0.15, -0.1) is 0 Å². The molecule has 17 heavy (non-hydrogen) atoms.